The zero-order valence-corrected chi connectivity index (χ0v) is 23.4. The first-order valence-corrected chi connectivity index (χ1v) is 14.2. The number of carbonyl (C=O) groups is 3. The van der Waals surface area contributed by atoms with Crippen LogP contribution in [0.25, 0.3) is 0 Å². The van der Waals surface area contributed by atoms with Gasteiger partial charge in [0.15, 0.2) is 5.78 Å². The zero-order valence-electron chi connectivity index (χ0n) is 23.4. The van der Waals surface area contributed by atoms with Crippen molar-refractivity contribution in [3.8, 4) is 0 Å². The average molecular weight is 499 g/mol. The molecule has 5 heteroatoms. The van der Waals surface area contributed by atoms with Gasteiger partial charge in [0.05, 0.1) is 18.4 Å². The maximum Gasteiger partial charge on any atom is 0.309 e. The highest BCUT2D eigenvalue weighted by Crippen LogP contribution is 2.72. The van der Waals surface area contributed by atoms with Gasteiger partial charge in [-0.05, 0) is 110 Å². The number of ether oxygens (including phenoxy) is 1. The van der Waals surface area contributed by atoms with E-state index in [1.54, 1.807) is 0 Å². The molecule has 0 aliphatic heterocycles. The lowest BCUT2D eigenvalue weighted by Crippen LogP contribution is -2.63. The standard InChI is InChI=1S/C31H46O5/c1-27(2)20(25(33)36-7)9-12-31(6)23(27)10-13-30(5)19-8-11-28(3)14-15-29(4,26(34)35)17-21(28)18(19)16-22(32)24(30)31/h16,19-21,23-24H,8-15,17H2,1-7H3,(H,34,35)/t19?,20-,21+,23?,24?,28+,29+,30+,31+/m1/s1. The van der Waals surface area contributed by atoms with E-state index in [-0.39, 0.29) is 51.2 Å². The number of ketones is 1. The number of carboxylic acid groups (broad SMARTS) is 1. The molecule has 3 unspecified atom stereocenters. The van der Waals surface area contributed by atoms with E-state index in [1.807, 2.05) is 13.0 Å². The van der Waals surface area contributed by atoms with Gasteiger partial charge in [0.2, 0.25) is 0 Å². The van der Waals surface area contributed by atoms with E-state index in [2.05, 4.69) is 34.6 Å². The van der Waals surface area contributed by atoms with Crippen LogP contribution in [0.3, 0.4) is 0 Å². The molecule has 0 aromatic rings. The van der Waals surface area contributed by atoms with Crippen LogP contribution in [0.5, 0.6) is 0 Å². The molecule has 1 N–H and O–H groups in total. The Hall–Kier alpha value is -1.65. The number of hydrogen-bond acceptors (Lipinski definition) is 4. The second kappa shape index (κ2) is 7.93. The number of rotatable bonds is 2. The van der Waals surface area contributed by atoms with Crippen LogP contribution in [-0.4, -0.2) is 29.9 Å². The lowest BCUT2D eigenvalue weighted by molar-refractivity contribution is -0.187. The molecule has 0 saturated heterocycles. The first-order valence-electron chi connectivity index (χ1n) is 14.2. The Bertz CT molecular complexity index is 1030. The third-order valence-electron chi connectivity index (χ3n) is 12.8. The number of methoxy groups -OCH3 is 1. The van der Waals surface area contributed by atoms with Crippen molar-refractivity contribution in [3.63, 3.8) is 0 Å². The van der Waals surface area contributed by atoms with Crippen LogP contribution in [0.15, 0.2) is 11.6 Å². The summed E-state index contributed by atoms with van der Waals surface area (Å²) in [6, 6.07) is 0. The van der Waals surface area contributed by atoms with E-state index in [0.717, 1.165) is 51.4 Å². The van der Waals surface area contributed by atoms with Gasteiger partial charge >= 0.3 is 11.9 Å². The van der Waals surface area contributed by atoms with Crippen molar-refractivity contribution in [2.24, 2.45) is 56.7 Å². The summed E-state index contributed by atoms with van der Waals surface area (Å²) < 4.78 is 5.19. The molecule has 0 aromatic heterocycles. The molecule has 0 radical (unpaired) electrons. The van der Waals surface area contributed by atoms with E-state index in [4.69, 9.17) is 4.74 Å². The van der Waals surface area contributed by atoms with Gasteiger partial charge in [0.25, 0.3) is 0 Å². The van der Waals surface area contributed by atoms with Gasteiger partial charge in [-0.25, -0.2) is 0 Å². The Morgan fingerprint density at radius 2 is 1.56 bits per heavy atom. The lowest BCUT2D eigenvalue weighted by atomic mass is 9.36. The summed E-state index contributed by atoms with van der Waals surface area (Å²) >= 11 is 0. The van der Waals surface area contributed by atoms with E-state index in [1.165, 1.54) is 12.7 Å². The second-order valence-electron chi connectivity index (χ2n) is 14.9. The molecule has 5 nitrogen and oxygen atoms in total. The summed E-state index contributed by atoms with van der Waals surface area (Å²) in [6.07, 6.45) is 10.1. The van der Waals surface area contributed by atoms with Crippen LogP contribution in [0, 0.1) is 56.7 Å². The first-order chi connectivity index (χ1) is 16.6. The van der Waals surface area contributed by atoms with Crippen molar-refractivity contribution >= 4 is 17.7 Å². The molecule has 0 spiro atoms. The summed E-state index contributed by atoms with van der Waals surface area (Å²) in [5.74, 6) is 0.0801. The van der Waals surface area contributed by atoms with Gasteiger partial charge in [0, 0.05) is 5.92 Å². The van der Waals surface area contributed by atoms with Crippen molar-refractivity contribution < 1.29 is 24.2 Å². The highest BCUT2D eigenvalue weighted by atomic mass is 16.5. The number of carbonyl (C=O) groups excluding carboxylic acids is 2. The SMILES string of the molecule is COC(=O)[C@H]1CC[C@@]2(C)C(CC[C@@]3(C)C4CC[C@@]5(C)CC[C@](C)(C(=O)O)C[C@H]5C4=CC(=O)C32)C1(C)C. The van der Waals surface area contributed by atoms with Gasteiger partial charge in [0.1, 0.15) is 0 Å². The fraction of sp³-hybridized carbons (Fsp3) is 0.839. The van der Waals surface area contributed by atoms with Crippen LogP contribution in [0.4, 0.5) is 0 Å². The summed E-state index contributed by atoms with van der Waals surface area (Å²) in [5, 5.41) is 10.0. The summed E-state index contributed by atoms with van der Waals surface area (Å²) in [6.45, 7) is 13.4. The van der Waals surface area contributed by atoms with Crippen molar-refractivity contribution in [2.75, 3.05) is 7.11 Å². The maximum atomic E-state index is 14.2. The van der Waals surface area contributed by atoms with Crippen LogP contribution in [-0.2, 0) is 19.1 Å². The quantitative estimate of drug-likeness (QED) is 0.443. The summed E-state index contributed by atoms with van der Waals surface area (Å²) in [7, 11) is 1.48. The van der Waals surface area contributed by atoms with E-state index < -0.39 is 11.4 Å². The van der Waals surface area contributed by atoms with Gasteiger partial charge in [-0.1, -0.05) is 40.2 Å². The fourth-order valence-electron chi connectivity index (χ4n) is 10.7. The molecule has 0 heterocycles. The molecule has 0 amide bonds. The molecular weight excluding hydrogens is 452 g/mol. The fourth-order valence-corrected chi connectivity index (χ4v) is 10.7. The van der Waals surface area contributed by atoms with Gasteiger partial charge in [-0.15, -0.1) is 0 Å². The maximum absolute atomic E-state index is 14.2. The summed E-state index contributed by atoms with van der Waals surface area (Å²) in [4.78, 5) is 39.1. The molecule has 0 aromatic carbocycles. The van der Waals surface area contributed by atoms with Gasteiger partial charge < -0.3 is 9.84 Å². The molecule has 5 aliphatic rings. The summed E-state index contributed by atoms with van der Waals surface area (Å²) in [5.41, 5.74) is 0.158. The molecule has 5 aliphatic carbocycles. The van der Waals surface area contributed by atoms with Crippen molar-refractivity contribution in [1.29, 1.82) is 0 Å². The Balaban J connectivity index is 1.55. The van der Waals surface area contributed by atoms with Crippen LogP contribution in [0.2, 0.25) is 0 Å². The topological polar surface area (TPSA) is 80.7 Å². The van der Waals surface area contributed by atoms with Crippen LogP contribution in [0.1, 0.15) is 99.3 Å². The molecule has 200 valence electrons. The van der Waals surface area contributed by atoms with E-state index in [0.29, 0.717) is 18.3 Å². The molecule has 4 fully saturated rings. The molecule has 0 bridgehead atoms. The minimum Gasteiger partial charge on any atom is -0.481 e. The Kier molecular flexibility index (Phi) is 5.72. The number of carboxylic acids is 1. The highest BCUT2D eigenvalue weighted by molar-refractivity contribution is 5.95. The van der Waals surface area contributed by atoms with Gasteiger partial charge in [-0.2, -0.15) is 0 Å². The smallest absolute Gasteiger partial charge is 0.309 e. The second-order valence-corrected chi connectivity index (χ2v) is 14.9. The monoisotopic (exact) mass is 498 g/mol. The van der Waals surface area contributed by atoms with Gasteiger partial charge in [-0.3, -0.25) is 14.4 Å². The van der Waals surface area contributed by atoms with Crippen molar-refractivity contribution in [3.05, 3.63) is 11.6 Å². The zero-order chi connectivity index (χ0) is 26.5. The normalized spacial score (nSPS) is 49.5. The molecule has 36 heavy (non-hydrogen) atoms. The number of aliphatic carboxylic acids is 1. The van der Waals surface area contributed by atoms with E-state index >= 15 is 0 Å². The van der Waals surface area contributed by atoms with Crippen molar-refractivity contribution in [1.82, 2.24) is 0 Å². The Morgan fingerprint density at radius 3 is 2.19 bits per heavy atom. The number of allylic oxidation sites excluding steroid dienone is 2. The van der Waals surface area contributed by atoms with E-state index in [9.17, 15) is 19.5 Å². The van der Waals surface area contributed by atoms with Crippen molar-refractivity contribution in [2.45, 2.75) is 99.3 Å². The molecular formula is C31H46O5. The highest BCUT2D eigenvalue weighted by Gasteiger charge is 2.67. The molecule has 9 atom stereocenters. The average Bonchev–Trinajstić information content (AvgIpc) is 2.78. The predicted molar refractivity (Wildman–Crippen MR) is 138 cm³/mol. The minimum atomic E-state index is -0.715. The largest absolute Gasteiger partial charge is 0.481 e. The first kappa shape index (κ1) is 26.0. The van der Waals surface area contributed by atoms with Crippen LogP contribution < -0.4 is 0 Å². The predicted octanol–water partition coefficient (Wildman–Crippen LogP) is 6.45. The number of hydrogen-bond donors (Lipinski definition) is 1. The Morgan fingerprint density at radius 1 is 0.889 bits per heavy atom. The Labute approximate surface area is 216 Å². The third kappa shape index (κ3) is 3.29. The third-order valence-corrected chi connectivity index (χ3v) is 12.8. The minimum absolute atomic E-state index is 0.0471. The van der Waals surface area contributed by atoms with Crippen LogP contribution >= 0.6 is 0 Å². The molecule has 5 rings (SSSR count). The number of fused-ring (bicyclic) bond motifs is 7. The molecule has 4 saturated carbocycles. The number of esters is 1. The lowest BCUT2D eigenvalue weighted by Gasteiger charge is -2.67.